The molecule has 1 aromatic rings. The number of rotatable bonds is 7. The molecule has 1 amide bonds. The van der Waals surface area contributed by atoms with Gasteiger partial charge in [0.15, 0.2) is 0 Å². The highest BCUT2D eigenvalue weighted by molar-refractivity contribution is 5.86. The summed E-state index contributed by atoms with van der Waals surface area (Å²) in [6.45, 7) is 7.60. The quantitative estimate of drug-likeness (QED) is 0.828. The van der Waals surface area contributed by atoms with Gasteiger partial charge < -0.3 is 9.47 Å². The first kappa shape index (κ1) is 17.6. The molecule has 5 heteroatoms. The van der Waals surface area contributed by atoms with Crippen molar-refractivity contribution in [3.63, 3.8) is 0 Å². The van der Waals surface area contributed by atoms with Crippen LogP contribution in [0.2, 0.25) is 0 Å². The van der Waals surface area contributed by atoms with Crippen LogP contribution in [0.15, 0.2) is 24.3 Å². The molecule has 1 heterocycles. The third kappa shape index (κ3) is 6.10. The summed E-state index contributed by atoms with van der Waals surface area (Å²) in [6.07, 6.45) is 4.15. The number of nitrogens with zero attached hydrogens (tertiary/aromatic N) is 1. The Hall–Kier alpha value is -1.75. The van der Waals surface area contributed by atoms with Crippen molar-refractivity contribution >= 4 is 11.8 Å². The zero-order chi connectivity index (χ0) is 16.5. The van der Waals surface area contributed by atoms with Crippen LogP contribution in [-0.4, -0.2) is 43.3 Å². The van der Waals surface area contributed by atoms with Gasteiger partial charge in [0.2, 0.25) is 0 Å². The van der Waals surface area contributed by atoms with E-state index < -0.39 is 6.09 Å². The number of likely N-dealkylation sites (tertiary alicyclic amines) is 1. The highest BCUT2D eigenvalue weighted by atomic mass is 16.6. The summed E-state index contributed by atoms with van der Waals surface area (Å²) in [7, 11) is 0. The van der Waals surface area contributed by atoms with Crippen molar-refractivity contribution in [2.45, 2.75) is 45.6 Å². The Bertz CT molecular complexity index is 487. The van der Waals surface area contributed by atoms with Crippen LogP contribution in [0.4, 0.5) is 10.5 Å². The van der Waals surface area contributed by atoms with E-state index in [2.05, 4.69) is 10.2 Å². The number of hydrogen-bond donors (Lipinski definition) is 1. The second-order valence-electron chi connectivity index (χ2n) is 6.05. The molecule has 0 unspecified atom stereocenters. The fourth-order valence-corrected chi connectivity index (χ4v) is 2.77. The van der Waals surface area contributed by atoms with Gasteiger partial charge in [-0.05, 0) is 51.4 Å². The fourth-order valence-electron chi connectivity index (χ4n) is 2.77. The maximum absolute atomic E-state index is 12.1. The molecule has 2 rings (SSSR count). The first-order valence-corrected chi connectivity index (χ1v) is 8.61. The average Bonchev–Trinajstić information content (AvgIpc) is 2.54. The number of carbonyl (C=O) groups is 1. The van der Waals surface area contributed by atoms with E-state index in [-0.39, 0.29) is 6.10 Å². The van der Waals surface area contributed by atoms with Crippen molar-refractivity contribution in [1.82, 2.24) is 4.90 Å². The van der Waals surface area contributed by atoms with Crippen molar-refractivity contribution < 1.29 is 14.3 Å². The number of piperidine rings is 1. The summed E-state index contributed by atoms with van der Waals surface area (Å²) in [5, 5.41) is 2.78. The fraction of sp³-hybridized carbons (Fsp3) is 0.611. The Kier molecular flexibility index (Phi) is 7.20. The molecule has 0 aromatic heterocycles. The Morgan fingerprint density at radius 1 is 1.26 bits per heavy atom. The SMILES string of the molecule is CCCOc1ccccc1NC(=O)O[C@@H](C)CN1CCCCC1. The standard InChI is InChI=1S/C18H28N2O3/c1-3-13-22-17-10-6-5-9-16(17)19-18(21)23-15(2)14-20-11-7-4-8-12-20/h5-6,9-10,15H,3-4,7-8,11-14H2,1-2H3,(H,19,21)/t15-/m0/s1. The number of para-hydroxylation sites is 2. The van der Waals surface area contributed by atoms with E-state index in [1.807, 2.05) is 38.1 Å². The third-order valence-electron chi connectivity index (χ3n) is 3.86. The van der Waals surface area contributed by atoms with Crippen LogP contribution in [0.1, 0.15) is 39.5 Å². The average molecular weight is 320 g/mol. The summed E-state index contributed by atoms with van der Waals surface area (Å²) in [4.78, 5) is 14.4. The number of benzene rings is 1. The van der Waals surface area contributed by atoms with Gasteiger partial charge in [-0.2, -0.15) is 0 Å². The molecule has 1 fully saturated rings. The largest absolute Gasteiger partial charge is 0.491 e. The van der Waals surface area contributed by atoms with Crippen molar-refractivity contribution in [1.29, 1.82) is 0 Å². The maximum Gasteiger partial charge on any atom is 0.412 e. The molecule has 0 saturated carbocycles. The first-order chi connectivity index (χ1) is 11.2. The summed E-state index contributed by atoms with van der Waals surface area (Å²) < 4.78 is 11.1. The Morgan fingerprint density at radius 2 is 2.00 bits per heavy atom. The summed E-state index contributed by atoms with van der Waals surface area (Å²) in [5.74, 6) is 0.676. The Morgan fingerprint density at radius 3 is 2.74 bits per heavy atom. The van der Waals surface area contributed by atoms with E-state index in [4.69, 9.17) is 9.47 Å². The third-order valence-corrected chi connectivity index (χ3v) is 3.86. The zero-order valence-corrected chi connectivity index (χ0v) is 14.2. The lowest BCUT2D eigenvalue weighted by atomic mass is 10.1. The van der Waals surface area contributed by atoms with Crippen molar-refractivity contribution in [3.8, 4) is 5.75 Å². The molecule has 5 nitrogen and oxygen atoms in total. The van der Waals surface area contributed by atoms with Crippen LogP contribution in [0.3, 0.4) is 0 Å². The van der Waals surface area contributed by atoms with Gasteiger partial charge >= 0.3 is 6.09 Å². The lowest BCUT2D eigenvalue weighted by Gasteiger charge is -2.28. The molecule has 0 bridgehead atoms. The van der Waals surface area contributed by atoms with Gasteiger partial charge in [-0.1, -0.05) is 25.5 Å². The van der Waals surface area contributed by atoms with Crippen LogP contribution in [-0.2, 0) is 4.74 Å². The normalized spacial score (nSPS) is 16.6. The lowest BCUT2D eigenvalue weighted by Crippen LogP contribution is -2.37. The molecule has 128 valence electrons. The van der Waals surface area contributed by atoms with Gasteiger partial charge in [-0.15, -0.1) is 0 Å². The maximum atomic E-state index is 12.1. The van der Waals surface area contributed by atoms with Crippen LogP contribution >= 0.6 is 0 Å². The predicted octanol–water partition coefficient (Wildman–Crippen LogP) is 3.90. The first-order valence-electron chi connectivity index (χ1n) is 8.61. The smallest absolute Gasteiger partial charge is 0.412 e. The molecule has 1 atom stereocenters. The number of anilines is 1. The number of hydrogen-bond acceptors (Lipinski definition) is 4. The molecule has 0 aliphatic carbocycles. The highest BCUT2D eigenvalue weighted by Crippen LogP contribution is 2.24. The second-order valence-corrected chi connectivity index (χ2v) is 6.05. The van der Waals surface area contributed by atoms with Crippen LogP contribution in [0.5, 0.6) is 5.75 Å². The van der Waals surface area contributed by atoms with Gasteiger partial charge in [0.05, 0.1) is 12.3 Å². The molecule has 0 radical (unpaired) electrons. The van der Waals surface area contributed by atoms with E-state index in [9.17, 15) is 4.79 Å². The summed E-state index contributed by atoms with van der Waals surface area (Å²) in [5.41, 5.74) is 0.649. The van der Waals surface area contributed by atoms with Gasteiger partial charge in [0.25, 0.3) is 0 Å². The minimum absolute atomic E-state index is 0.128. The zero-order valence-electron chi connectivity index (χ0n) is 14.2. The number of carbonyl (C=O) groups excluding carboxylic acids is 1. The molecule has 23 heavy (non-hydrogen) atoms. The second kappa shape index (κ2) is 9.40. The summed E-state index contributed by atoms with van der Waals surface area (Å²) >= 11 is 0. The molecule has 0 spiro atoms. The minimum atomic E-state index is -0.429. The number of amides is 1. The molecule has 1 aliphatic rings. The Labute approximate surface area is 139 Å². The topological polar surface area (TPSA) is 50.8 Å². The number of nitrogens with one attached hydrogen (secondary N) is 1. The minimum Gasteiger partial charge on any atom is -0.491 e. The monoisotopic (exact) mass is 320 g/mol. The Balaban J connectivity index is 1.81. The van der Waals surface area contributed by atoms with Crippen molar-refractivity contribution in [3.05, 3.63) is 24.3 Å². The summed E-state index contributed by atoms with van der Waals surface area (Å²) in [6, 6.07) is 7.43. The van der Waals surface area contributed by atoms with Gasteiger partial charge in [-0.3, -0.25) is 10.2 Å². The van der Waals surface area contributed by atoms with E-state index in [0.29, 0.717) is 18.0 Å². The van der Waals surface area contributed by atoms with Crippen LogP contribution in [0.25, 0.3) is 0 Å². The molecule has 1 saturated heterocycles. The van der Waals surface area contributed by atoms with Crippen LogP contribution in [0, 0.1) is 0 Å². The van der Waals surface area contributed by atoms with Gasteiger partial charge in [0.1, 0.15) is 11.9 Å². The lowest BCUT2D eigenvalue weighted by molar-refractivity contribution is 0.0832. The predicted molar refractivity (Wildman–Crippen MR) is 92.1 cm³/mol. The van der Waals surface area contributed by atoms with E-state index in [0.717, 1.165) is 26.1 Å². The van der Waals surface area contributed by atoms with Gasteiger partial charge in [-0.25, -0.2) is 4.79 Å². The van der Waals surface area contributed by atoms with E-state index in [1.165, 1.54) is 19.3 Å². The van der Waals surface area contributed by atoms with Crippen molar-refractivity contribution in [2.24, 2.45) is 0 Å². The molecular weight excluding hydrogens is 292 g/mol. The van der Waals surface area contributed by atoms with Crippen LogP contribution < -0.4 is 10.1 Å². The highest BCUT2D eigenvalue weighted by Gasteiger charge is 2.17. The number of ether oxygens (including phenoxy) is 2. The van der Waals surface area contributed by atoms with Gasteiger partial charge in [0, 0.05) is 6.54 Å². The molecule has 1 aliphatic heterocycles. The molecule has 1 N–H and O–H groups in total. The van der Waals surface area contributed by atoms with Crippen molar-refractivity contribution in [2.75, 3.05) is 31.6 Å². The molecule has 1 aromatic carbocycles. The molecular formula is C18H28N2O3. The van der Waals surface area contributed by atoms with E-state index in [1.54, 1.807) is 0 Å². The van der Waals surface area contributed by atoms with E-state index >= 15 is 0 Å².